The molecule has 2 amide bonds. The number of hydrogen-bond acceptors (Lipinski definition) is 2. The fourth-order valence-electron chi connectivity index (χ4n) is 2.81. The van der Waals surface area contributed by atoms with Gasteiger partial charge in [0.05, 0.1) is 0 Å². The molecule has 2 fully saturated rings. The maximum absolute atomic E-state index is 12.2. The van der Waals surface area contributed by atoms with Gasteiger partial charge in [-0.3, -0.25) is 9.59 Å². The Hall–Kier alpha value is -1.06. The van der Waals surface area contributed by atoms with Crippen LogP contribution in [0.3, 0.4) is 0 Å². The Morgan fingerprint density at radius 1 is 1.31 bits per heavy atom. The third-order valence-corrected chi connectivity index (χ3v) is 3.79. The number of carbonyl (C=O) groups excluding carboxylic acids is 2. The van der Waals surface area contributed by atoms with Crippen LogP contribution in [0.5, 0.6) is 0 Å². The molecule has 0 aromatic rings. The van der Waals surface area contributed by atoms with Crippen LogP contribution in [0.15, 0.2) is 0 Å². The van der Waals surface area contributed by atoms with E-state index in [0.29, 0.717) is 12.5 Å². The van der Waals surface area contributed by atoms with Crippen molar-refractivity contribution in [3.8, 4) is 0 Å². The first-order valence-electron chi connectivity index (χ1n) is 6.27. The zero-order valence-corrected chi connectivity index (χ0v) is 10.0. The van der Waals surface area contributed by atoms with Crippen molar-refractivity contribution >= 4 is 11.8 Å². The van der Waals surface area contributed by atoms with Crippen LogP contribution >= 0.6 is 0 Å². The van der Waals surface area contributed by atoms with Gasteiger partial charge in [-0.2, -0.15) is 0 Å². The second-order valence-corrected chi connectivity index (χ2v) is 4.83. The minimum atomic E-state index is -0.302. The number of rotatable bonds is 2. The summed E-state index contributed by atoms with van der Waals surface area (Å²) in [5.41, 5.74) is 0. The van der Waals surface area contributed by atoms with Gasteiger partial charge in [-0.25, -0.2) is 0 Å². The molecule has 2 aliphatic rings. The smallest absolute Gasteiger partial charge is 0.246 e. The van der Waals surface area contributed by atoms with Crippen LogP contribution in [0.25, 0.3) is 0 Å². The summed E-state index contributed by atoms with van der Waals surface area (Å²) in [6, 6.07) is -0.301. The van der Waals surface area contributed by atoms with Crippen molar-refractivity contribution in [1.82, 2.24) is 10.2 Å². The Morgan fingerprint density at radius 3 is 2.50 bits per heavy atom. The molecule has 0 spiro atoms. The summed E-state index contributed by atoms with van der Waals surface area (Å²) in [5.74, 6) is 0.111. The molecule has 4 heteroatoms. The fourth-order valence-corrected chi connectivity index (χ4v) is 2.81. The molecule has 2 unspecified atom stereocenters. The molecule has 1 saturated heterocycles. The van der Waals surface area contributed by atoms with Gasteiger partial charge in [-0.05, 0) is 26.2 Å². The van der Waals surface area contributed by atoms with Gasteiger partial charge in [0.2, 0.25) is 11.8 Å². The quantitative estimate of drug-likeness (QED) is 0.762. The van der Waals surface area contributed by atoms with Crippen LogP contribution in [0.1, 0.15) is 46.0 Å². The van der Waals surface area contributed by atoms with E-state index in [-0.39, 0.29) is 23.9 Å². The van der Waals surface area contributed by atoms with E-state index in [9.17, 15) is 9.59 Å². The summed E-state index contributed by atoms with van der Waals surface area (Å²) in [6.45, 7) is 3.77. The molecule has 90 valence electrons. The monoisotopic (exact) mass is 224 g/mol. The third kappa shape index (κ3) is 1.81. The maximum Gasteiger partial charge on any atom is 0.246 e. The Labute approximate surface area is 96.4 Å². The van der Waals surface area contributed by atoms with Gasteiger partial charge in [0.25, 0.3) is 0 Å². The van der Waals surface area contributed by atoms with E-state index in [1.54, 1.807) is 0 Å². The highest BCUT2D eigenvalue weighted by Crippen LogP contribution is 2.27. The third-order valence-electron chi connectivity index (χ3n) is 3.79. The van der Waals surface area contributed by atoms with E-state index in [4.69, 9.17) is 0 Å². The molecule has 1 aliphatic heterocycles. The predicted molar refractivity (Wildman–Crippen MR) is 60.8 cm³/mol. The number of piperazine rings is 1. The lowest BCUT2D eigenvalue weighted by atomic mass is 10.0. The van der Waals surface area contributed by atoms with Crippen LogP contribution in [0.2, 0.25) is 0 Å². The summed E-state index contributed by atoms with van der Waals surface area (Å²) < 4.78 is 0. The topological polar surface area (TPSA) is 49.4 Å². The molecule has 4 nitrogen and oxygen atoms in total. The van der Waals surface area contributed by atoms with Crippen molar-refractivity contribution in [2.24, 2.45) is 0 Å². The van der Waals surface area contributed by atoms with E-state index in [1.165, 1.54) is 12.8 Å². The van der Waals surface area contributed by atoms with E-state index in [2.05, 4.69) is 5.32 Å². The molecule has 16 heavy (non-hydrogen) atoms. The maximum atomic E-state index is 12.2. The highest BCUT2D eigenvalue weighted by molar-refractivity contribution is 5.96. The van der Waals surface area contributed by atoms with Crippen molar-refractivity contribution in [2.75, 3.05) is 0 Å². The number of nitrogens with one attached hydrogen (secondary N) is 1. The molecule has 1 aliphatic carbocycles. The number of amides is 2. The van der Waals surface area contributed by atoms with E-state index in [0.717, 1.165) is 12.8 Å². The van der Waals surface area contributed by atoms with Gasteiger partial charge in [0.15, 0.2) is 0 Å². The van der Waals surface area contributed by atoms with Crippen molar-refractivity contribution < 1.29 is 9.59 Å². The van der Waals surface area contributed by atoms with E-state index >= 15 is 0 Å². The Balaban J connectivity index is 2.18. The summed E-state index contributed by atoms with van der Waals surface area (Å²) >= 11 is 0. The van der Waals surface area contributed by atoms with Crippen molar-refractivity contribution in [3.63, 3.8) is 0 Å². The highest BCUT2D eigenvalue weighted by Gasteiger charge is 2.41. The van der Waals surface area contributed by atoms with Crippen molar-refractivity contribution in [1.29, 1.82) is 0 Å². The lowest BCUT2D eigenvalue weighted by Gasteiger charge is -2.40. The molecule has 0 radical (unpaired) electrons. The molecule has 1 N–H and O–H groups in total. The molecular weight excluding hydrogens is 204 g/mol. The molecule has 1 saturated carbocycles. The van der Waals surface area contributed by atoms with Crippen LogP contribution in [-0.2, 0) is 9.59 Å². The number of carbonyl (C=O) groups is 2. The van der Waals surface area contributed by atoms with Gasteiger partial charge in [-0.15, -0.1) is 0 Å². The Morgan fingerprint density at radius 2 is 1.94 bits per heavy atom. The summed E-state index contributed by atoms with van der Waals surface area (Å²) in [4.78, 5) is 25.8. The van der Waals surface area contributed by atoms with Gasteiger partial charge in [0, 0.05) is 6.04 Å². The van der Waals surface area contributed by atoms with Crippen LogP contribution in [-0.4, -0.2) is 34.8 Å². The van der Waals surface area contributed by atoms with Gasteiger partial charge >= 0.3 is 0 Å². The summed E-state index contributed by atoms with van der Waals surface area (Å²) in [5, 5.41) is 2.79. The first kappa shape index (κ1) is 11.4. The minimum Gasteiger partial charge on any atom is -0.343 e. The van der Waals surface area contributed by atoms with Crippen LogP contribution in [0.4, 0.5) is 0 Å². The first-order chi connectivity index (χ1) is 7.65. The summed E-state index contributed by atoms with van der Waals surface area (Å²) in [7, 11) is 0. The number of hydrogen-bond donors (Lipinski definition) is 1. The molecule has 0 aromatic heterocycles. The predicted octanol–water partition coefficient (Wildman–Crippen LogP) is 1.05. The molecule has 1 heterocycles. The lowest BCUT2D eigenvalue weighted by Crippen LogP contribution is -2.64. The van der Waals surface area contributed by atoms with Crippen molar-refractivity contribution in [3.05, 3.63) is 0 Å². The zero-order chi connectivity index (χ0) is 11.7. The minimum absolute atomic E-state index is 0.00153. The van der Waals surface area contributed by atoms with Crippen LogP contribution < -0.4 is 5.32 Å². The summed E-state index contributed by atoms with van der Waals surface area (Å²) in [6.07, 6.45) is 5.15. The van der Waals surface area contributed by atoms with E-state index < -0.39 is 0 Å². The van der Waals surface area contributed by atoms with Crippen LogP contribution in [0, 0.1) is 0 Å². The standard InChI is InChI=1S/C12H20N2O2/c1-3-10-12(16)14(8(2)11(15)13-10)9-6-4-5-7-9/h8-10H,3-7H2,1-2H3,(H,13,15). The van der Waals surface area contributed by atoms with Gasteiger partial charge in [-0.1, -0.05) is 19.8 Å². The molecule has 0 bridgehead atoms. The zero-order valence-electron chi connectivity index (χ0n) is 10.0. The van der Waals surface area contributed by atoms with Crippen molar-refractivity contribution in [2.45, 2.75) is 64.1 Å². The normalized spacial score (nSPS) is 32.0. The molecular formula is C12H20N2O2. The van der Waals surface area contributed by atoms with Gasteiger partial charge in [0.1, 0.15) is 12.1 Å². The van der Waals surface area contributed by atoms with Gasteiger partial charge < -0.3 is 10.2 Å². The largest absolute Gasteiger partial charge is 0.343 e. The molecule has 2 rings (SSSR count). The number of nitrogens with zero attached hydrogens (tertiary/aromatic N) is 1. The molecule has 2 atom stereocenters. The average Bonchev–Trinajstić information content (AvgIpc) is 2.77. The first-order valence-corrected chi connectivity index (χ1v) is 6.27. The average molecular weight is 224 g/mol. The molecule has 0 aromatic carbocycles. The lowest BCUT2D eigenvalue weighted by molar-refractivity contribution is -0.151. The highest BCUT2D eigenvalue weighted by atomic mass is 16.2. The second kappa shape index (κ2) is 4.44. The second-order valence-electron chi connectivity index (χ2n) is 4.83. The fraction of sp³-hybridized carbons (Fsp3) is 0.833. The Bertz CT molecular complexity index is 297. The SMILES string of the molecule is CCC1NC(=O)C(C)N(C2CCCC2)C1=O. The Kier molecular flexibility index (Phi) is 3.17. The van der Waals surface area contributed by atoms with E-state index in [1.807, 2.05) is 18.7 Å².